The van der Waals surface area contributed by atoms with E-state index in [0.29, 0.717) is 5.56 Å². The third-order valence-electron chi connectivity index (χ3n) is 3.47. The topological polar surface area (TPSA) is 43.4 Å². The Bertz CT molecular complexity index is 751. The first-order chi connectivity index (χ1) is 11.3. The maximum absolute atomic E-state index is 12.7. The number of carbonyl (C=O) groups is 2. The van der Waals surface area contributed by atoms with Crippen molar-refractivity contribution in [3.8, 4) is 0 Å². The SMILES string of the molecule is COC(=O)c1ccccc1CC(=O)Cc1cccc(C(F)(F)F)c1. The molecule has 0 atom stereocenters. The number of hydrogen-bond acceptors (Lipinski definition) is 3. The van der Waals surface area contributed by atoms with Gasteiger partial charge in [-0.1, -0.05) is 36.4 Å². The molecule has 0 aliphatic rings. The van der Waals surface area contributed by atoms with Crippen LogP contribution in [0, 0.1) is 0 Å². The molecule has 6 heteroatoms. The Morgan fingerprint density at radius 2 is 1.71 bits per heavy atom. The molecule has 0 aliphatic heterocycles. The van der Waals surface area contributed by atoms with Crippen molar-refractivity contribution in [1.82, 2.24) is 0 Å². The predicted octanol–water partition coefficient (Wildman–Crippen LogP) is 3.85. The van der Waals surface area contributed by atoms with Crippen LogP contribution in [-0.4, -0.2) is 18.9 Å². The van der Waals surface area contributed by atoms with Gasteiger partial charge < -0.3 is 4.74 Å². The largest absolute Gasteiger partial charge is 0.465 e. The molecule has 126 valence electrons. The summed E-state index contributed by atoms with van der Waals surface area (Å²) in [7, 11) is 1.24. The maximum atomic E-state index is 12.7. The molecule has 2 aromatic carbocycles. The average Bonchev–Trinajstić information content (AvgIpc) is 2.54. The molecule has 3 nitrogen and oxygen atoms in total. The van der Waals surface area contributed by atoms with Gasteiger partial charge in [0, 0.05) is 12.8 Å². The molecule has 0 saturated heterocycles. The molecular formula is C18H15F3O3. The van der Waals surface area contributed by atoms with Crippen LogP contribution in [0.2, 0.25) is 0 Å². The number of ether oxygens (including phenoxy) is 1. The van der Waals surface area contributed by atoms with E-state index in [1.807, 2.05) is 0 Å². The summed E-state index contributed by atoms with van der Waals surface area (Å²) < 4.78 is 42.7. The van der Waals surface area contributed by atoms with Crippen molar-refractivity contribution in [2.24, 2.45) is 0 Å². The molecule has 2 aromatic rings. The Balaban J connectivity index is 2.14. The first-order valence-electron chi connectivity index (χ1n) is 7.15. The van der Waals surface area contributed by atoms with Gasteiger partial charge in [0.2, 0.25) is 0 Å². The summed E-state index contributed by atoms with van der Waals surface area (Å²) in [5.74, 6) is -0.844. The number of Topliss-reactive ketones (excluding diaryl/α,β-unsaturated/α-hetero) is 1. The van der Waals surface area contributed by atoms with Gasteiger partial charge in [-0.25, -0.2) is 4.79 Å². The third-order valence-corrected chi connectivity index (χ3v) is 3.47. The van der Waals surface area contributed by atoms with Crippen molar-refractivity contribution in [2.75, 3.05) is 7.11 Å². The molecule has 0 fully saturated rings. The zero-order chi connectivity index (χ0) is 17.7. The fourth-order valence-corrected chi connectivity index (χ4v) is 2.34. The van der Waals surface area contributed by atoms with Gasteiger partial charge in [0.15, 0.2) is 0 Å². The van der Waals surface area contributed by atoms with Crippen molar-refractivity contribution in [3.05, 3.63) is 70.8 Å². The molecule has 0 saturated carbocycles. The second-order valence-corrected chi connectivity index (χ2v) is 5.24. The highest BCUT2D eigenvalue weighted by Crippen LogP contribution is 2.29. The molecule has 0 heterocycles. The Hall–Kier alpha value is -2.63. The standard InChI is InChI=1S/C18H15F3O3/c1-24-17(23)16-8-3-2-6-13(16)11-15(22)10-12-5-4-7-14(9-12)18(19,20)21/h2-9H,10-11H2,1H3. The van der Waals surface area contributed by atoms with Crippen LogP contribution in [0.1, 0.15) is 27.0 Å². The lowest BCUT2D eigenvalue weighted by atomic mass is 9.98. The van der Waals surface area contributed by atoms with E-state index in [-0.39, 0.29) is 29.8 Å². The van der Waals surface area contributed by atoms with Crippen molar-refractivity contribution >= 4 is 11.8 Å². The molecule has 2 rings (SSSR count). The highest BCUT2D eigenvalue weighted by Gasteiger charge is 2.30. The lowest BCUT2D eigenvalue weighted by Crippen LogP contribution is -2.12. The zero-order valence-electron chi connectivity index (χ0n) is 12.9. The van der Waals surface area contributed by atoms with Gasteiger partial charge in [-0.3, -0.25) is 4.79 Å². The number of hydrogen-bond donors (Lipinski definition) is 0. The van der Waals surface area contributed by atoms with E-state index in [4.69, 9.17) is 0 Å². The number of carbonyl (C=O) groups excluding carboxylic acids is 2. The number of rotatable bonds is 5. The summed E-state index contributed by atoms with van der Waals surface area (Å²) in [6.07, 6.45) is -4.64. The summed E-state index contributed by atoms with van der Waals surface area (Å²) >= 11 is 0. The van der Waals surface area contributed by atoms with E-state index in [1.165, 1.54) is 19.2 Å². The van der Waals surface area contributed by atoms with Gasteiger partial charge in [0.25, 0.3) is 0 Å². The van der Waals surface area contributed by atoms with Gasteiger partial charge in [-0.2, -0.15) is 13.2 Å². The molecule has 24 heavy (non-hydrogen) atoms. The summed E-state index contributed by atoms with van der Waals surface area (Å²) in [6, 6.07) is 11.2. The van der Waals surface area contributed by atoms with E-state index in [9.17, 15) is 22.8 Å². The molecule has 0 bridgehead atoms. The van der Waals surface area contributed by atoms with Crippen molar-refractivity contribution in [2.45, 2.75) is 19.0 Å². The van der Waals surface area contributed by atoms with Gasteiger partial charge in [-0.05, 0) is 23.3 Å². The van der Waals surface area contributed by atoms with Crippen LogP contribution in [0.25, 0.3) is 0 Å². The van der Waals surface area contributed by atoms with Crippen LogP contribution in [0.15, 0.2) is 48.5 Å². The van der Waals surface area contributed by atoms with Gasteiger partial charge in [0.1, 0.15) is 5.78 Å². The number of methoxy groups -OCH3 is 1. The quantitative estimate of drug-likeness (QED) is 0.779. The van der Waals surface area contributed by atoms with Crippen LogP contribution >= 0.6 is 0 Å². The number of halogens is 3. The van der Waals surface area contributed by atoms with Crippen molar-refractivity contribution in [3.63, 3.8) is 0 Å². The van der Waals surface area contributed by atoms with Crippen LogP contribution in [-0.2, 0) is 28.5 Å². The van der Waals surface area contributed by atoms with Crippen LogP contribution < -0.4 is 0 Å². The molecule has 0 spiro atoms. The number of ketones is 1. The van der Waals surface area contributed by atoms with Crippen LogP contribution in [0.5, 0.6) is 0 Å². The normalized spacial score (nSPS) is 11.2. The molecule has 0 N–H and O–H groups in total. The number of alkyl halides is 3. The monoisotopic (exact) mass is 336 g/mol. The Labute approximate surface area is 137 Å². The maximum Gasteiger partial charge on any atom is 0.416 e. The summed E-state index contributed by atoms with van der Waals surface area (Å²) in [4.78, 5) is 23.8. The predicted molar refractivity (Wildman–Crippen MR) is 81.6 cm³/mol. The fourth-order valence-electron chi connectivity index (χ4n) is 2.34. The highest BCUT2D eigenvalue weighted by molar-refractivity contribution is 5.93. The average molecular weight is 336 g/mol. The van der Waals surface area contributed by atoms with Crippen LogP contribution in [0.4, 0.5) is 13.2 Å². The minimum Gasteiger partial charge on any atom is -0.465 e. The van der Waals surface area contributed by atoms with E-state index in [0.717, 1.165) is 12.1 Å². The molecule has 0 unspecified atom stereocenters. The van der Waals surface area contributed by atoms with E-state index >= 15 is 0 Å². The minimum absolute atomic E-state index is 0.0540. The van der Waals surface area contributed by atoms with Gasteiger partial charge in [0.05, 0.1) is 18.2 Å². The Kier molecular flexibility index (Phi) is 5.39. The Morgan fingerprint density at radius 1 is 1.00 bits per heavy atom. The fraction of sp³-hybridized carbons (Fsp3) is 0.222. The van der Waals surface area contributed by atoms with Gasteiger partial charge >= 0.3 is 12.1 Å². The summed E-state index contributed by atoms with van der Waals surface area (Å²) in [5.41, 5.74) is 0.256. The first kappa shape index (κ1) is 17.7. The number of esters is 1. The van der Waals surface area contributed by atoms with E-state index < -0.39 is 17.7 Å². The zero-order valence-corrected chi connectivity index (χ0v) is 12.9. The molecular weight excluding hydrogens is 321 g/mol. The van der Waals surface area contributed by atoms with Crippen molar-refractivity contribution < 1.29 is 27.5 Å². The smallest absolute Gasteiger partial charge is 0.416 e. The second kappa shape index (κ2) is 7.29. The van der Waals surface area contributed by atoms with Gasteiger partial charge in [-0.15, -0.1) is 0 Å². The highest BCUT2D eigenvalue weighted by atomic mass is 19.4. The Morgan fingerprint density at radius 3 is 2.38 bits per heavy atom. The van der Waals surface area contributed by atoms with Crippen LogP contribution in [0.3, 0.4) is 0 Å². The minimum atomic E-state index is -4.45. The molecule has 0 aromatic heterocycles. The third kappa shape index (κ3) is 4.44. The number of benzene rings is 2. The lowest BCUT2D eigenvalue weighted by molar-refractivity contribution is -0.137. The van der Waals surface area contributed by atoms with E-state index in [2.05, 4.69) is 4.74 Å². The first-order valence-corrected chi connectivity index (χ1v) is 7.15. The molecule has 0 aliphatic carbocycles. The lowest BCUT2D eigenvalue weighted by Gasteiger charge is -2.09. The second-order valence-electron chi connectivity index (χ2n) is 5.24. The summed E-state index contributed by atoms with van der Waals surface area (Å²) in [6.45, 7) is 0. The van der Waals surface area contributed by atoms with E-state index in [1.54, 1.807) is 24.3 Å². The molecule has 0 radical (unpaired) electrons. The summed E-state index contributed by atoms with van der Waals surface area (Å²) in [5, 5.41) is 0. The molecule has 0 amide bonds. The van der Waals surface area contributed by atoms with Crippen molar-refractivity contribution in [1.29, 1.82) is 0 Å².